The van der Waals surface area contributed by atoms with Gasteiger partial charge in [-0.15, -0.1) is 0 Å². The number of hydrogen-bond donors (Lipinski definition) is 1. The lowest BCUT2D eigenvalue weighted by Gasteiger charge is -2.35. The van der Waals surface area contributed by atoms with E-state index in [1.165, 1.54) is 6.42 Å². The Kier molecular flexibility index (Phi) is 5.69. The van der Waals surface area contributed by atoms with E-state index < -0.39 is 0 Å². The summed E-state index contributed by atoms with van der Waals surface area (Å²) in [6.45, 7) is 6.89. The van der Waals surface area contributed by atoms with Crippen LogP contribution >= 0.6 is 0 Å². The molecule has 6 heteroatoms. The number of fused-ring (bicyclic) bond motifs is 1. The summed E-state index contributed by atoms with van der Waals surface area (Å²) in [5, 5.41) is 3.79. The van der Waals surface area contributed by atoms with E-state index in [1.54, 1.807) is 12.3 Å². The molecule has 0 spiro atoms. The second-order valence-electron chi connectivity index (χ2n) is 7.99. The van der Waals surface area contributed by atoms with Gasteiger partial charge in [0.15, 0.2) is 6.61 Å². The van der Waals surface area contributed by atoms with Crippen LogP contribution in [0.2, 0.25) is 0 Å². The lowest BCUT2D eigenvalue weighted by Crippen LogP contribution is -2.39. The fourth-order valence-corrected chi connectivity index (χ4v) is 4.05. The van der Waals surface area contributed by atoms with Gasteiger partial charge in [0, 0.05) is 18.5 Å². The standard InChI is InChI=1S/C23H27N3O3/c1-16-11-17(2)14-26(13-16)21-9-8-18-5-3-7-20(23(18)25-21)29-15-22(27)24-12-19-6-4-10-28-19/h3-10,16-17H,11-15H2,1-2H3,(H,24,27). The predicted molar refractivity (Wildman–Crippen MR) is 113 cm³/mol. The second-order valence-corrected chi connectivity index (χ2v) is 7.99. The zero-order chi connectivity index (χ0) is 20.2. The van der Waals surface area contributed by atoms with Gasteiger partial charge in [0.1, 0.15) is 22.8 Å². The van der Waals surface area contributed by atoms with Crippen LogP contribution in [0.15, 0.2) is 53.1 Å². The molecule has 1 aliphatic rings. The highest BCUT2D eigenvalue weighted by molar-refractivity contribution is 5.86. The zero-order valence-electron chi connectivity index (χ0n) is 16.9. The summed E-state index contributed by atoms with van der Waals surface area (Å²) in [6.07, 6.45) is 2.84. The number of furan rings is 1. The molecule has 1 N–H and O–H groups in total. The number of aromatic nitrogens is 1. The van der Waals surface area contributed by atoms with Crippen molar-refractivity contribution in [3.63, 3.8) is 0 Å². The molecule has 2 aromatic heterocycles. The van der Waals surface area contributed by atoms with Crippen LogP contribution in [0, 0.1) is 11.8 Å². The molecule has 6 nitrogen and oxygen atoms in total. The third kappa shape index (κ3) is 4.70. The number of para-hydroxylation sites is 1. The first kappa shape index (κ1) is 19.3. The van der Waals surface area contributed by atoms with Gasteiger partial charge in [0.2, 0.25) is 0 Å². The molecular formula is C23H27N3O3. The Morgan fingerprint density at radius 2 is 2.00 bits per heavy atom. The number of nitrogens with zero attached hydrogens (tertiary/aromatic N) is 2. The van der Waals surface area contributed by atoms with Crippen molar-refractivity contribution < 1.29 is 13.9 Å². The number of ether oxygens (including phenoxy) is 1. The van der Waals surface area contributed by atoms with E-state index in [4.69, 9.17) is 14.1 Å². The summed E-state index contributed by atoms with van der Waals surface area (Å²) >= 11 is 0. The van der Waals surface area contributed by atoms with Crippen LogP contribution in [-0.4, -0.2) is 30.6 Å². The van der Waals surface area contributed by atoms with Crippen LogP contribution in [0.25, 0.3) is 10.9 Å². The van der Waals surface area contributed by atoms with Crippen LogP contribution in [0.3, 0.4) is 0 Å². The molecule has 0 bridgehead atoms. The topological polar surface area (TPSA) is 67.6 Å². The van der Waals surface area contributed by atoms with Crippen LogP contribution in [0.4, 0.5) is 5.82 Å². The van der Waals surface area contributed by atoms with Crippen molar-refractivity contribution in [1.29, 1.82) is 0 Å². The molecule has 3 aromatic rings. The maximum atomic E-state index is 12.1. The number of hydrogen-bond acceptors (Lipinski definition) is 5. The van der Waals surface area contributed by atoms with Crippen LogP contribution < -0.4 is 15.0 Å². The van der Waals surface area contributed by atoms with Gasteiger partial charge in [-0.05, 0) is 48.6 Å². The first-order valence-electron chi connectivity index (χ1n) is 10.1. The summed E-state index contributed by atoms with van der Waals surface area (Å²) in [4.78, 5) is 19.4. The summed E-state index contributed by atoms with van der Waals surface area (Å²) < 4.78 is 11.0. The molecule has 29 heavy (non-hydrogen) atoms. The Hall–Kier alpha value is -3.02. The highest BCUT2D eigenvalue weighted by Crippen LogP contribution is 2.29. The smallest absolute Gasteiger partial charge is 0.258 e. The third-order valence-corrected chi connectivity index (χ3v) is 5.26. The quantitative estimate of drug-likeness (QED) is 0.685. The summed E-state index contributed by atoms with van der Waals surface area (Å²) in [5.41, 5.74) is 0.787. The summed E-state index contributed by atoms with van der Waals surface area (Å²) in [7, 11) is 0. The molecule has 152 valence electrons. The largest absolute Gasteiger partial charge is 0.481 e. The maximum Gasteiger partial charge on any atom is 0.258 e. The molecule has 2 atom stereocenters. The van der Waals surface area contributed by atoms with Crippen molar-refractivity contribution in [3.05, 3.63) is 54.5 Å². The zero-order valence-corrected chi connectivity index (χ0v) is 16.9. The van der Waals surface area contributed by atoms with Crippen molar-refractivity contribution in [2.24, 2.45) is 11.8 Å². The Balaban J connectivity index is 1.46. The third-order valence-electron chi connectivity index (χ3n) is 5.26. The number of nitrogens with one attached hydrogen (secondary N) is 1. The molecule has 1 fully saturated rings. The second kappa shape index (κ2) is 8.55. The minimum Gasteiger partial charge on any atom is -0.481 e. The van der Waals surface area contributed by atoms with Gasteiger partial charge in [0.05, 0.1) is 12.8 Å². The normalized spacial score (nSPS) is 19.3. The number of benzene rings is 1. The first-order valence-corrected chi connectivity index (χ1v) is 10.1. The Labute approximate surface area is 170 Å². The van der Waals surface area contributed by atoms with E-state index in [-0.39, 0.29) is 12.5 Å². The van der Waals surface area contributed by atoms with E-state index in [1.807, 2.05) is 24.3 Å². The molecule has 1 aliphatic heterocycles. The Morgan fingerprint density at radius 3 is 2.76 bits per heavy atom. The van der Waals surface area contributed by atoms with E-state index in [9.17, 15) is 4.79 Å². The number of carbonyl (C=O) groups excluding carboxylic acids is 1. The Bertz CT molecular complexity index is 961. The van der Waals surface area contributed by atoms with Crippen molar-refractivity contribution in [2.75, 3.05) is 24.6 Å². The van der Waals surface area contributed by atoms with Gasteiger partial charge >= 0.3 is 0 Å². The van der Waals surface area contributed by atoms with Crippen LogP contribution in [-0.2, 0) is 11.3 Å². The van der Waals surface area contributed by atoms with Crippen molar-refractivity contribution in [3.8, 4) is 5.75 Å². The SMILES string of the molecule is CC1CC(C)CN(c2ccc3cccc(OCC(=O)NCc4ccco4)c3n2)C1. The van der Waals surface area contributed by atoms with Crippen molar-refractivity contribution in [1.82, 2.24) is 10.3 Å². The molecule has 1 aromatic carbocycles. The molecule has 2 unspecified atom stereocenters. The van der Waals surface area contributed by atoms with Gasteiger partial charge in [-0.25, -0.2) is 4.98 Å². The van der Waals surface area contributed by atoms with Crippen LogP contribution in [0.1, 0.15) is 26.0 Å². The minimum atomic E-state index is -0.201. The molecule has 0 saturated carbocycles. The molecular weight excluding hydrogens is 366 g/mol. The average molecular weight is 393 g/mol. The number of amides is 1. The van der Waals surface area contributed by atoms with Gasteiger partial charge in [-0.3, -0.25) is 4.79 Å². The summed E-state index contributed by atoms with van der Waals surface area (Å²) in [5.74, 6) is 3.40. The molecule has 0 aliphatic carbocycles. The number of piperidine rings is 1. The van der Waals surface area contributed by atoms with Gasteiger partial charge < -0.3 is 19.4 Å². The van der Waals surface area contributed by atoms with Crippen molar-refractivity contribution in [2.45, 2.75) is 26.8 Å². The van der Waals surface area contributed by atoms with Crippen molar-refractivity contribution >= 4 is 22.6 Å². The molecule has 3 heterocycles. The number of rotatable bonds is 6. The average Bonchev–Trinajstić information content (AvgIpc) is 3.23. The van der Waals surface area contributed by atoms with Gasteiger partial charge in [-0.1, -0.05) is 26.0 Å². The molecule has 1 amide bonds. The predicted octanol–water partition coefficient (Wildman–Crippen LogP) is 4.01. The number of anilines is 1. The lowest BCUT2D eigenvalue weighted by molar-refractivity contribution is -0.123. The maximum absolute atomic E-state index is 12.1. The van der Waals surface area contributed by atoms with Gasteiger partial charge in [0.25, 0.3) is 5.91 Å². The number of pyridine rings is 1. The number of carbonyl (C=O) groups is 1. The highest BCUT2D eigenvalue weighted by atomic mass is 16.5. The molecule has 4 rings (SSSR count). The fourth-order valence-electron chi connectivity index (χ4n) is 4.05. The van der Waals surface area contributed by atoms with E-state index in [2.05, 4.69) is 36.2 Å². The summed E-state index contributed by atoms with van der Waals surface area (Å²) in [6, 6.07) is 13.6. The first-order chi connectivity index (χ1) is 14.1. The Morgan fingerprint density at radius 1 is 1.17 bits per heavy atom. The lowest BCUT2D eigenvalue weighted by atomic mass is 9.92. The van der Waals surface area contributed by atoms with Gasteiger partial charge in [-0.2, -0.15) is 0 Å². The molecule has 0 radical (unpaired) electrons. The monoisotopic (exact) mass is 393 g/mol. The highest BCUT2D eigenvalue weighted by Gasteiger charge is 2.23. The fraction of sp³-hybridized carbons (Fsp3) is 0.391. The van der Waals surface area contributed by atoms with E-state index in [0.29, 0.717) is 29.9 Å². The van der Waals surface area contributed by atoms with E-state index >= 15 is 0 Å². The minimum absolute atomic E-state index is 0.0660. The van der Waals surface area contributed by atoms with Crippen LogP contribution in [0.5, 0.6) is 5.75 Å². The molecule has 1 saturated heterocycles. The van der Waals surface area contributed by atoms with E-state index in [0.717, 1.165) is 29.8 Å².